The van der Waals surface area contributed by atoms with Gasteiger partial charge in [0.2, 0.25) is 5.92 Å². The van der Waals surface area contributed by atoms with E-state index in [4.69, 9.17) is 11.6 Å². The molecule has 2 aliphatic carbocycles. The summed E-state index contributed by atoms with van der Waals surface area (Å²) in [5.74, 6) is -2.61. The molecule has 0 N–H and O–H groups in total. The highest BCUT2D eigenvalue weighted by Gasteiger charge is 2.40. The van der Waals surface area contributed by atoms with Gasteiger partial charge >= 0.3 is 5.69 Å². The minimum absolute atomic E-state index is 0.0571. The van der Waals surface area contributed by atoms with Gasteiger partial charge < -0.3 is 0 Å². The fourth-order valence-corrected chi connectivity index (χ4v) is 4.01. The van der Waals surface area contributed by atoms with Gasteiger partial charge in [-0.15, -0.1) is 0 Å². The molecule has 4 nitrogen and oxygen atoms in total. The summed E-state index contributed by atoms with van der Waals surface area (Å²) in [6, 6.07) is 4.41. The van der Waals surface area contributed by atoms with Gasteiger partial charge in [0.1, 0.15) is 11.6 Å². The van der Waals surface area contributed by atoms with Crippen LogP contribution in [0, 0.1) is 17.7 Å². The lowest BCUT2D eigenvalue weighted by Gasteiger charge is -2.13. The molecule has 2 aromatic rings. The molecule has 1 aromatic carbocycles. The maximum absolute atomic E-state index is 14.2. The van der Waals surface area contributed by atoms with Crippen molar-refractivity contribution in [3.05, 3.63) is 50.9 Å². The van der Waals surface area contributed by atoms with Gasteiger partial charge in [-0.1, -0.05) is 17.7 Å². The van der Waals surface area contributed by atoms with E-state index in [1.54, 1.807) is 6.07 Å². The lowest BCUT2D eigenvalue weighted by Crippen LogP contribution is -2.28. The molecule has 2 aliphatic rings. The summed E-state index contributed by atoms with van der Waals surface area (Å²) >= 11 is 6.12. The number of nitrogens with zero attached hydrogens (tertiary/aromatic N) is 3. The van der Waals surface area contributed by atoms with E-state index in [2.05, 4.69) is 5.10 Å². The van der Waals surface area contributed by atoms with Crippen molar-refractivity contribution in [1.82, 2.24) is 14.3 Å². The average molecular weight is 400 g/mol. The summed E-state index contributed by atoms with van der Waals surface area (Å²) in [5.41, 5.74) is -0.0414. The molecule has 1 atom stereocenters. The first kappa shape index (κ1) is 18.6. The van der Waals surface area contributed by atoms with Crippen LogP contribution in [0.4, 0.5) is 13.2 Å². The average Bonchev–Trinajstić information content (AvgIpc) is 3.29. The molecular weight excluding hydrogens is 379 g/mol. The molecule has 8 heteroatoms. The highest BCUT2D eigenvalue weighted by atomic mass is 35.5. The predicted octanol–water partition coefficient (Wildman–Crippen LogP) is 4.27. The zero-order valence-corrected chi connectivity index (χ0v) is 15.6. The number of hydrogen-bond donors (Lipinski definition) is 0. The SMILES string of the molecule is O=c1n(CC2CC2)nc(Cc2c(F)cccc2Cl)n1CC1CCC(F)(F)C1. The van der Waals surface area contributed by atoms with Crippen molar-refractivity contribution in [2.24, 2.45) is 11.8 Å². The van der Waals surface area contributed by atoms with Gasteiger partial charge in [0, 0.05) is 42.9 Å². The third kappa shape index (κ3) is 4.08. The molecule has 4 rings (SSSR count). The summed E-state index contributed by atoms with van der Waals surface area (Å²) in [6.07, 6.45) is 2.16. The Morgan fingerprint density at radius 2 is 1.96 bits per heavy atom. The summed E-state index contributed by atoms with van der Waals surface area (Å²) < 4.78 is 44.2. The van der Waals surface area contributed by atoms with E-state index >= 15 is 0 Å². The van der Waals surface area contributed by atoms with Crippen LogP contribution in [0.1, 0.15) is 43.5 Å². The maximum atomic E-state index is 14.2. The molecule has 146 valence electrons. The monoisotopic (exact) mass is 399 g/mol. The Kier molecular flexibility index (Phi) is 4.82. The molecule has 0 bridgehead atoms. The molecule has 2 fully saturated rings. The van der Waals surface area contributed by atoms with Crippen LogP contribution in [-0.4, -0.2) is 20.3 Å². The van der Waals surface area contributed by atoms with Crippen LogP contribution in [-0.2, 0) is 19.5 Å². The van der Waals surface area contributed by atoms with Crippen molar-refractivity contribution in [2.45, 2.75) is 57.5 Å². The minimum atomic E-state index is -2.67. The van der Waals surface area contributed by atoms with Crippen LogP contribution < -0.4 is 5.69 Å². The van der Waals surface area contributed by atoms with Gasteiger partial charge in [-0.3, -0.25) is 4.57 Å². The number of hydrogen-bond acceptors (Lipinski definition) is 2. The summed E-state index contributed by atoms with van der Waals surface area (Å²) in [6.45, 7) is 0.700. The van der Waals surface area contributed by atoms with E-state index < -0.39 is 11.7 Å². The second kappa shape index (κ2) is 7.00. The van der Waals surface area contributed by atoms with E-state index in [1.807, 2.05) is 0 Å². The van der Waals surface area contributed by atoms with Crippen LogP contribution in [0.5, 0.6) is 0 Å². The lowest BCUT2D eigenvalue weighted by atomic mass is 10.1. The molecule has 1 unspecified atom stereocenters. The van der Waals surface area contributed by atoms with Crippen molar-refractivity contribution < 1.29 is 13.2 Å². The first-order valence-electron chi connectivity index (χ1n) is 9.29. The van der Waals surface area contributed by atoms with Crippen LogP contribution >= 0.6 is 11.6 Å². The molecule has 0 aliphatic heterocycles. The van der Waals surface area contributed by atoms with Crippen molar-refractivity contribution >= 4 is 11.6 Å². The van der Waals surface area contributed by atoms with Crippen molar-refractivity contribution in [3.8, 4) is 0 Å². The van der Waals surface area contributed by atoms with Crippen LogP contribution in [0.15, 0.2) is 23.0 Å². The Labute approximate surface area is 159 Å². The molecule has 1 aromatic heterocycles. The number of benzene rings is 1. The number of aromatic nitrogens is 3. The lowest BCUT2D eigenvalue weighted by molar-refractivity contribution is 0.00428. The van der Waals surface area contributed by atoms with Gasteiger partial charge in [-0.25, -0.2) is 22.6 Å². The molecule has 0 spiro atoms. The Bertz CT molecular complexity index is 884. The highest BCUT2D eigenvalue weighted by Crippen LogP contribution is 2.39. The van der Waals surface area contributed by atoms with Crippen LogP contribution in [0.25, 0.3) is 0 Å². The smallest absolute Gasteiger partial charge is 0.278 e. The van der Waals surface area contributed by atoms with Gasteiger partial charge in [-0.05, 0) is 43.2 Å². The van der Waals surface area contributed by atoms with Crippen LogP contribution in [0.2, 0.25) is 5.02 Å². The number of halogens is 4. The Hall–Kier alpha value is -1.76. The largest absolute Gasteiger partial charge is 0.345 e. The molecule has 0 amide bonds. The molecule has 2 saturated carbocycles. The Balaban J connectivity index is 1.65. The third-order valence-corrected chi connectivity index (χ3v) is 5.82. The number of alkyl halides is 2. The maximum Gasteiger partial charge on any atom is 0.345 e. The van der Waals surface area contributed by atoms with E-state index in [9.17, 15) is 18.0 Å². The third-order valence-electron chi connectivity index (χ3n) is 5.47. The van der Waals surface area contributed by atoms with Crippen molar-refractivity contribution in [2.75, 3.05) is 0 Å². The fourth-order valence-electron chi connectivity index (χ4n) is 3.78. The quantitative estimate of drug-likeness (QED) is 0.727. The van der Waals surface area contributed by atoms with Gasteiger partial charge in [-0.2, -0.15) is 5.10 Å². The van der Waals surface area contributed by atoms with Crippen molar-refractivity contribution in [1.29, 1.82) is 0 Å². The van der Waals surface area contributed by atoms with E-state index in [0.29, 0.717) is 24.7 Å². The van der Waals surface area contributed by atoms with E-state index in [1.165, 1.54) is 21.4 Å². The standard InChI is InChI=1S/C19H21ClF3N3O/c20-15-2-1-3-16(21)14(15)8-17-24-26(11-12-4-5-12)18(27)25(17)10-13-6-7-19(22,23)9-13/h1-3,12-13H,4-11H2. The zero-order valence-electron chi connectivity index (χ0n) is 14.8. The topological polar surface area (TPSA) is 39.8 Å². The minimum Gasteiger partial charge on any atom is -0.278 e. The highest BCUT2D eigenvalue weighted by molar-refractivity contribution is 6.31. The molecule has 1 heterocycles. The predicted molar refractivity (Wildman–Crippen MR) is 95.7 cm³/mol. The van der Waals surface area contributed by atoms with Crippen LogP contribution in [0.3, 0.4) is 0 Å². The Morgan fingerprint density at radius 1 is 1.19 bits per heavy atom. The fraction of sp³-hybridized carbons (Fsp3) is 0.579. The first-order chi connectivity index (χ1) is 12.8. The normalized spacial score (nSPS) is 21.7. The molecule has 0 radical (unpaired) electrons. The van der Waals surface area contributed by atoms with E-state index in [0.717, 1.165) is 12.8 Å². The summed E-state index contributed by atoms with van der Waals surface area (Å²) in [7, 11) is 0. The molecule has 0 saturated heterocycles. The Morgan fingerprint density at radius 3 is 2.59 bits per heavy atom. The van der Waals surface area contributed by atoms with Gasteiger partial charge in [0.25, 0.3) is 0 Å². The summed E-state index contributed by atoms with van der Waals surface area (Å²) in [5, 5.41) is 4.66. The first-order valence-corrected chi connectivity index (χ1v) is 9.67. The summed E-state index contributed by atoms with van der Waals surface area (Å²) in [4.78, 5) is 12.8. The van der Waals surface area contributed by atoms with E-state index in [-0.39, 0.29) is 48.0 Å². The molecular formula is C19H21ClF3N3O. The second-order valence-electron chi connectivity index (χ2n) is 7.78. The second-order valence-corrected chi connectivity index (χ2v) is 8.18. The zero-order chi connectivity index (χ0) is 19.2. The van der Waals surface area contributed by atoms with Gasteiger partial charge in [0.15, 0.2) is 0 Å². The molecule has 27 heavy (non-hydrogen) atoms. The van der Waals surface area contributed by atoms with Gasteiger partial charge in [0.05, 0.1) is 0 Å². The number of rotatable bonds is 6. The van der Waals surface area contributed by atoms with Crippen molar-refractivity contribution in [3.63, 3.8) is 0 Å².